The van der Waals surface area contributed by atoms with Gasteiger partial charge in [-0.25, -0.2) is 27.9 Å². The fraction of sp³-hybridized carbons (Fsp3) is 0.219. The molecule has 0 aliphatic heterocycles. The first-order valence-corrected chi connectivity index (χ1v) is 13.3. The molecule has 11 heteroatoms. The lowest BCUT2D eigenvalue weighted by molar-refractivity contribution is 0.0693. The minimum atomic E-state index is -1.17. The highest BCUT2D eigenvalue weighted by atomic mass is 19.1. The number of aromatic carboxylic acids is 1. The van der Waals surface area contributed by atoms with Crippen LogP contribution in [0.4, 0.5) is 13.2 Å². The van der Waals surface area contributed by atoms with Crippen LogP contribution in [-0.4, -0.2) is 46.4 Å². The molecule has 0 bridgehead atoms. The summed E-state index contributed by atoms with van der Waals surface area (Å²) in [5, 5.41) is 9.62. The number of pyridine rings is 1. The highest BCUT2D eigenvalue weighted by Gasteiger charge is 2.21. The van der Waals surface area contributed by atoms with Crippen LogP contribution in [-0.2, 0) is 24.3 Å². The number of benzene rings is 3. The number of hydrogen-bond acceptors (Lipinski definition) is 6. The number of hydrogen-bond donors (Lipinski definition) is 1. The number of fused-ring (bicyclic) bond motifs is 1. The van der Waals surface area contributed by atoms with Crippen molar-refractivity contribution in [2.75, 3.05) is 20.8 Å². The third-order valence-electron chi connectivity index (χ3n) is 6.97. The summed E-state index contributed by atoms with van der Waals surface area (Å²) < 4.78 is 62.8. The summed E-state index contributed by atoms with van der Waals surface area (Å²) in [6, 6.07) is 14.5. The number of carboxylic acids is 1. The molecule has 5 rings (SSSR count). The van der Waals surface area contributed by atoms with Crippen LogP contribution in [0.15, 0.2) is 60.7 Å². The molecule has 8 nitrogen and oxygen atoms in total. The molecular formula is C32H28F3N3O5. The van der Waals surface area contributed by atoms with Gasteiger partial charge in [-0.15, -0.1) is 0 Å². The third kappa shape index (κ3) is 6.31. The van der Waals surface area contributed by atoms with Gasteiger partial charge in [0, 0.05) is 43.3 Å². The van der Waals surface area contributed by atoms with Gasteiger partial charge in [0.25, 0.3) is 0 Å². The number of halogens is 3. The number of carbonyl (C=O) groups is 1. The zero-order valence-electron chi connectivity index (χ0n) is 23.7. The van der Waals surface area contributed by atoms with Gasteiger partial charge >= 0.3 is 5.97 Å². The Morgan fingerprint density at radius 3 is 2.44 bits per heavy atom. The number of aromatic nitrogens is 3. The number of carboxylic acid groups (broad SMARTS) is 1. The molecule has 0 amide bonds. The smallest absolute Gasteiger partial charge is 0.339 e. The van der Waals surface area contributed by atoms with Gasteiger partial charge in [-0.3, -0.25) is 0 Å². The Hall–Kier alpha value is -4.90. The standard InChI is InChI=1S/C32H28F3N3O5/c1-18-7-8-19(23(33)11-18)17-43-31-6-4-5-26(37-31)21-14-24(34)20(12-25(21)35)13-30-36-27-16-29(42-3)22(32(39)40)15-28(27)38(30)9-10-41-2/h4-8,11-12,14-16H,9-10,13,17H2,1-3H3,(H,39,40). The van der Waals surface area contributed by atoms with Crippen molar-refractivity contribution in [3.63, 3.8) is 0 Å². The van der Waals surface area contributed by atoms with Crippen molar-refractivity contribution in [3.8, 4) is 22.9 Å². The van der Waals surface area contributed by atoms with E-state index in [0.717, 1.165) is 17.7 Å². The molecule has 0 fully saturated rings. The molecule has 1 N–H and O–H groups in total. The van der Waals surface area contributed by atoms with Crippen LogP contribution in [0, 0.1) is 24.4 Å². The summed E-state index contributed by atoms with van der Waals surface area (Å²) in [6.07, 6.45) is -0.0785. The number of rotatable bonds is 11. The van der Waals surface area contributed by atoms with E-state index in [2.05, 4.69) is 9.97 Å². The maximum Gasteiger partial charge on any atom is 0.339 e. The van der Waals surface area contributed by atoms with Gasteiger partial charge in [0.2, 0.25) is 5.88 Å². The van der Waals surface area contributed by atoms with Crippen molar-refractivity contribution in [2.24, 2.45) is 0 Å². The van der Waals surface area contributed by atoms with Crippen molar-refractivity contribution in [1.82, 2.24) is 14.5 Å². The average Bonchev–Trinajstić information content (AvgIpc) is 3.32. The summed E-state index contributed by atoms with van der Waals surface area (Å²) in [6.45, 7) is 2.29. The molecule has 3 aromatic carbocycles. The van der Waals surface area contributed by atoms with E-state index in [1.165, 1.54) is 38.5 Å². The number of nitrogens with zero attached hydrogens (tertiary/aromatic N) is 3. The summed E-state index contributed by atoms with van der Waals surface area (Å²) in [4.78, 5) is 20.6. The first kappa shape index (κ1) is 29.6. The van der Waals surface area contributed by atoms with Gasteiger partial charge in [-0.1, -0.05) is 18.2 Å². The SMILES string of the molecule is COCCn1c(Cc2cc(F)c(-c3cccc(OCc4ccc(C)cc4F)n3)cc2F)nc2cc(OC)c(C(=O)O)cc21. The minimum Gasteiger partial charge on any atom is -0.496 e. The second-order valence-electron chi connectivity index (χ2n) is 9.86. The van der Waals surface area contributed by atoms with Gasteiger partial charge in [0.05, 0.1) is 30.4 Å². The van der Waals surface area contributed by atoms with E-state index in [4.69, 9.17) is 14.2 Å². The molecule has 0 unspecified atom stereocenters. The molecule has 0 radical (unpaired) electrons. The van der Waals surface area contributed by atoms with E-state index >= 15 is 8.78 Å². The molecule has 0 aliphatic carbocycles. The highest BCUT2D eigenvalue weighted by Crippen LogP contribution is 2.30. The van der Waals surface area contributed by atoms with Crippen molar-refractivity contribution in [2.45, 2.75) is 26.5 Å². The van der Waals surface area contributed by atoms with E-state index in [1.807, 2.05) is 0 Å². The fourth-order valence-corrected chi connectivity index (χ4v) is 4.76. The van der Waals surface area contributed by atoms with Crippen LogP contribution >= 0.6 is 0 Å². The number of ether oxygens (including phenoxy) is 3. The molecule has 2 aromatic heterocycles. The van der Waals surface area contributed by atoms with Crippen molar-refractivity contribution >= 4 is 17.0 Å². The van der Waals surface area contributed by atoms with Gasteiger partial charge < -0.3 is 23.9 Å². The second-order valence-corrected chi connectivity index (χ2v) is 9.86. The maximum atomic E-state index is 15.4. The number of imidazole rings is 1. The van der Waals surface area contributed by atoms with E-state index in [0.29, 0.717) is 29.0 Å². The summed E-state index contributed by atoms with van der Waals surface area (Å²) >= 11 is 0. The molecular weight excluding hydrogens is 563 g/mol. The second kappa shape index (κ2) is 12.5. The van der Waals surface area contributed by atoms with E-state index in [1.54, 1.807) is 35.8 Å². The van der Waals surface area contributed by atoms with Crippen molar-refractivity contribution in [3.05, 3.63) is 106 Å². The van der Waals surface area contributed by atoms with Gasteiger partial charge in [0.1, 0.15) is 41.2 Å². The average molecular weight is 592 g/mol. The van der Waals surface area contributed by atoms with Crippen LogP contribution in [0.5, 0.6) is 11.6 Å². The van der Waals surface area contributed by atoms with Crippen LogP contribution in [0.25, 0.3) is 22.3 Å². The molecule has 43 heavy (non-hydrogen) atoms. The van der Waals surface area contributed by atoms with Crippen LogP contribution in [0.1, 0.15) is 32.9 Å². The van der Waals surface area contributed by atoms with Crippen LogP contribution in [0.2, 0.25) is 0 Å². The lowest BCUT2D eigenvalue weighted by atomic mass is 10.0. The molecule has 5 aromatic rings. The van der Waals surface area contributed by atoms with Crippen LogP contribution < -0.4 is 9.47 Å². The Morgan fingerprint density at radius 1 is 0.930 bits per heavy atom. The lowest BCUT2D eigenvalue weighted by Gasteiger charge is -2.12. The molecule has 0 saturated carbocycles. The molecule has 222 valence electrons. The van der Waals surface area contributed by atoms with Gasteiger partial charge in [-0.2, -0.15) is 0 Å². The highest BCUT2D eigenvalue weighted by molar-refractivity contribution is 5.96. The van der Waals surface area contributed by atoms with Gasteiger partial charge in [0.15, 0.2) is 0 Å². The summed E-state index contributed by atoms with van der Waals surface area (Å²) in [5.74, 6) is -2.32. The van der Waals surface area contributed by atoms with E-state index in [-0.39, 0.29) is 53.6 Å². The third-order valence-corrected chi connectivity index (χ3v) is 6.97. The maximum absolute atomic E-state index is 15.4. The molecule has 2 heterocycles. The molecule has 0 saturated heterocycles. The quantitative estimate of drug-likeness (QED) is 0.191. The van der Waals surface area contributed by atoms with Gasteiger partial charge in [-0.05, 0) is 48.4 Å². The molecule has 0 atom stereocenters. The largest absolute Gasteiger partial charge is 0.496 e. The van der Waals surface area contributed by atoms with Crippen molar-refractivity contribution < 1.29 is 37.3 Å². The Labute approximate surface area is 245 Å². The predicted molar refractivity (Wildman–Crippen MR) is 153 cm³/mol. The Bertz CT molecular complexity index is 1820. The zero-order valence-corrected chi connectivity index (χ0v) is 23.7. The number of aryl methyl sites for hydroxylation is 1. The first-order chi connectivity index (χ1) is 20.7. The predicted octanol–water partition coefficient (Wildman–Crippen LogP) is 6.35. The molecule has 0 spiro atoms. The Morgan fingerprint density at radius 2 is 1.72 bits per heavy atom. The van der Waals surface area contributed by atoms with Crippen molar-refractivity contribution in [1.29, 1.82) is 0 Å². The zero-order chi connectivity index (χ0) is 30.7. The topological polar surface area (TPSA) is 95.7 Å². The first-order valence-electron chi connectivity index (χ1n) is 13.3. The number of methoxy groups -OCH3 is 2. The summed E-state index contributed by atoms with van der Waals surface area (Å²) in [7, 11) is 2.88. The lowest BCUT2D eigenvalue weighted by Crippen LogP contribution is -2.10. The Kier molecular flexibility index (Phi) is 8.63. The fourth-order valence-electron chi connectivity index (χ4n) is 4.76. The summed E-state index contributed by atoms with van der Waals surface area (Å²) in [5.41, 5.74) is 2.12. The Balaban J connectivity index is 1.44. The van der Waals surface area contributed by atoms with E-state index < -0.39 is 23.4 Å². The minimum absolute atomic E-state index is 0.0443. The van der Waals surface area contributed by atoms with Crippen LogP contribution in [0.3, 0.4) is 0 Å². The normalized spacial score (nSPS) is 11.2. The molecule has 0 aliphatic rings. The van der Waals surface area contributed by atoms with E-state index in [9.17, 15) is 14.3 Å². The monoisotopic (exact) mass is 591 g/mol.